The largest absolute Gasteiger partial charge is 0.497 e. The van der Waals surface area contributed by atoms with Crippen LogP contribution in [0.4, 0.5) is 0 Å². The number of benzene rings is 2. The Kier molecular flexibility index (Phi) is 9.00. The van der Waals surface area contributed by atoms with E-state index in [0.29, 0.717) is 0 Å². The van der Waals surface area contributed by atoms with Crippen molar-refractivity contribution in [2.45, 2.75) is 25.9 Å². The van der Waals surface area contributed by atoms with Gasteiger partial charge in [-0.1, -0.05) is 36.4 Å². The maximum absolute atomic E-state index is 5.46. The number of guanidine groups is 1. The third kappa shape index (κ3) is 7.04. The van der Waals surface area contributed by atoms with E-state index in [0.717, 1.165) is 70.5 Å². The van der Waals surface area contributed by atoms with Gasteiger partial charge >= 0.3 is 0 Å². The molecular weight excluding hydrogens is 376 g/mol. The summed E-state index contributed by atoms with van der Waals surface area (Å²) in [6.07, 6.45) is 2.03. The Balaban J connectivity index is 1.43. The maximum Gasteiger partial charge on any atom is 0.191 e. The molecule has 3 rings (SSSR count). The molecular formula is C24H34N4O2. The van der Waals surface area contributed by atoms with Crippen LogP contribution in [0.3, 0.4) is 0 Å². The lowest BCUT2D eigenvalue weighted by atomic mass is 10.1. The fourth-order valence-corrected chi connectivity index (χ4v) is 3.61. The Bertz CT molecular complexity index is 803. The molecule has 2 aromatic rings. The highest BCUT2D eigenvalue weighted by atomic mass is 16.5. The van der Waals surface area contributed by atoms with Gasteiger partial charge in [-0.3, -0.25) is 9.89 Å². The molecule has 0 atom stereocenters. The number of nitrogens with zero attached hydrogens (tertiary/aromatic N) is 2. The zero-order valence-electron chi connectivity index (χ0n) is 18.2. The van der Waals surface area contributed by atoms with Gasteiger partial charge in [0.05, 0.1) is 20.3 Å². The lowest BCUT2D eigenvalue weighted by Gasteiger charge is -2.27. The molecule has 0 amide bonds. The maximum atomic E-state index is 5.46. The Hall–Kier alpha value is -2.57. The summed E-state index contributed by atoms with van der Waals surface area (Å²) < 4.78 is 10.8. The van der Waals surface area contributed by atoms with E-state index in [2.05, 4.69) is 56.9 Å². The predicted octanol–water partition coefficient (Wildman–Crippen LogP) is 2.83. The number of hydrogen-bond acceptors (Lipinski definition) is 4. The van der Waals surface area contributed by atoms with E-state index in [9.17, 15) is 0 Å². The van der Waals surface area contributed by atoms with Gasteiger partial charge in [-0.2, -0.15) is 0 Å². The van der Waals surface area contributed by atoms with Crippen LogP contribution >= 0.6 is 0 Å². The molecule has 0 radical (unpaired) electrons. The summed E-state index contributed by atoms with van der Waals surface area (Å²) in [5, 5.41) is 6.88. The number of methoxy groups -OCH3 is 1. The van der Waals surface area contributed by atoms with E-state index < -0.39 is 0 Å². The molecule has 30 heavy (non-hydrogen) atoms. The standard InChI is InChI=1S/C24H34N4O2/c1-25-24(26-12-6-8-20-7-5-11-23(17-20)29-2)27-18-21-9-3-4-10-22(21)19-28-13-15-30-16-14-28/h3-5,7,9-11,17H,6,8,12-16,18-19H2,1-2H3,(H2,25,26,27). The Morgan fingerprint density at radius 3 is 2.63 bits per heavy atom. The molecule has 6 nitrogen and oxygen atoms in total. The first-order chi connectivity index (χ1) is 14.8. The van der Waals surface area contributed by atoms with Crippen LogP contribution < -0.4 is 15.4 Å². The molecule has 0 unspecified atom stereocenters. The molecule has 0 aromatic heterocycles. The van der Waals surface area contributed by atoms with E-state index in [1.165, 1.54) is 16.7 Å². The summed E-state index contributed by atoms with van der Waals surface area (Å²) in [6.45, 7) is 6.24. The lowest BCUT2D eigenvalue weighted by molar-refractivity contribution is 0.0341. The normalized spacial score (nSPS) is 15.1. The highest BCUT2D eigenvalue weighted by molar-refractivity contribution is 5.79. The van der Waals surface area contributed by atoms with Crippen LogP contribution in [0.1, 0.15) is 23.1 Å². The Labute approximate surface area is 180 Å². The van der Waals surface area contributed by atoms with Crippen molar-refractivity contribution in [3.05, 3.63) is 65.2 Å². The fourth-order valence-electron chi connectivity index (χ4n) is 3.61. The van der Waals surface area contributed by atoms with E-state index >= 15 is 0 Å². The number of aryl methyl sites for hydroxylation is 1. The van der Waals surface area contributed by atoms with Gasteiger partial charge in [0.25, 0.3) is 0 Å². The van der Waals surface area contributed by atoms with Gasteiger partial charge in [0, 0.05) is 39.8 Å². The second kappa shape index (κ2) is 12.2. The number of nitrogens with one attached hydrogen (secondary N) is 2. The van der Waals surface area contributed by atoms with Gasteiger partial charge in [0.2, 0.25) is 0 Å². The number of morpholine rings is 1. The van der Waals surface area contributed by atoms with Crippen molar-refractivity contribution in [1.29, 1.82) is 0 Å². The number of hydrogen-bond donors (Lipinski definition) is 2. The van der Waals surface area contributed by atoms with Crippen LogP contribution in [0.2, 0.25) is 0 Å². The topological polar surface area (TPSA) is 58.1 Å². The van der Waals surface area contributed by atoms with Gasteiger partial charge < -0.3 is 20.1 Å². The molecule has 6 heteroatoms. The van der Waals surface area contributed by atoms with Crippen molar-refractivity contribution in [1.82, 2.24) is 15.5 Å². The molecule has 1 heterocycles. The molecule has 1 saturated heterocycles. The lowest BCUT2D eigenvalue weighted by Crippen LogP contribution is -2.38. The van der Waals surface area contributed by atoms with Crippen LogP contribution in [-0.4, -0.2) is 57.9 Å². The Morgan fingerprint density at radius 1 is 1.07 bits per heavy atom. The third-order valence-corrected chi connectivity index (χ3v) is 5.35. The van der Waals surface area contributed by atoms with Gasteiger partial charge in [-0.25, -0.2) is 0 Å². The monoisotopic (exact) mass is 410 g/mol. The van der Waals surface area contributed by atoms with Crippen LogP contribution in [0.25, 0.3) is 0 Å². The van der Waals surface area contributed by atoms with E-state index in [4.69, 9.17) is 9.47 Å². The smallest absolute Gasteiger partial charge is 0.191 e. The average Bonchev–Trinajstić information content (AvgIpc) is 2.80. The van der Waals surface area contributed by atoms with Gasteiger partial charge in [0.15, 0.2) is 5.96 Å². The minimum atomic E-state index is 0.760. The summed E-state index contributed by atoms with van der Waals surface area (Å²) in [4.78, 5) is 6.82. The summed E-state index contributed by atoms with van der Waals surface area (Å²) in [5.74, 6) is 1.75. The second-order valence-corrected chi connectivity index (χ2v) is 7.46. The molecule has 0 saturated carbocycles. The quantitative estimate of drug-likeness (QED) is 0.378. The van der Waals surface area contributed by atoms with E-state index in [1.807, 2.05) is 19.2 Å². The molecule has 0 spiro atoms. The molecule has 1 aliphatic rings. The minimum absolute atomic E-state index is 0.760. The van der Waals surface area contributed by atoms with Crippen LogP contribution in [0.5, 0.6) is 5.75 Å². The van der Waals surface area contributed by atoms with Crippen LogP contribution in [0, 0.1) is 0 Å². The van der Waals surface area contributed by atoms with E-state index in [1.54, 1.807) is 7.11 Å². The highest BCUT2D eigenvalue weighted by Gasteiger charge is 2.12. The zero-order chi connectivity index (χ0) is 21.0. The first kappa shape index (κ1) is 22.1. The average molecular weight is 411 g/mol. The van der Waals surface area contributed by atoms with Gasteiger partial charge in [0.1, 0.15) is 5.75 Å². The minimum Gasteiger partial charge on any atom is -0.497 e. The number of aliphatic imine (C=N–C) groups is 1. The fraction of sp³-hybridized carbons (Fsp3) is 0.458. The van der Waals surface area contributed by atoms with Gasteiger partial charge in [-0.05, 0) is 41.7 Å². The molecule has 1 aliphatic heterocycles. The molecule has 0 aliphatic carbocycles. The molecule has 2 aromatic carbocycles. The van der Waals surface area contributed by atoms with Crippen LogP contribution in [-0.2, 0) is 24.2 Å². The number of rotatable bonds is 9. The van der Waals surface area contributed by atoms with Crippen molar-refractivity contribution in [2.24, 2.45) is 4.99 Å². The van der Waals surface area contributed by atoms with Crippen molar-refractivity contribution in [2.75, 3.05) is 47.0 Å². The van der Waals surface area contributed by atoms with Gasteiger partial charge in [-0.15, -0.1) is 0 Å². The zero-order valence-corrected chi connectivity index (χ0v) is 18.2. The van der Waals surface area contributed by atoms with Crippen LogP contribution in [0.15, 0.2) is 53.5 Å². The molecule has 0 bridgehead atoms. The van der Waals surface area contributed by atoms with E-state index in [-0.39, 0.29) is 0 Å². The molecule has 2 N–H and O–H groups in total. The number of ether oxygens (including phenoxy) is 2. The van der Waals surface area contributed by atoms with Crippen molar-refractivity contribution >= 4 is 5.96 Å². The predicted molar refractivity (Wildman–Crippen MR) is 122 cm³/mol. The SMILES string of the molecule is CN=C(NCCCc1cccc(OC)c1)NCc1ccccc1CN1CCOCC1. The third-order valence-electron chi connectivity index (χ3n) is 5.35. The first-order valence-corrected chi connectivity index (χ1v) is 10.7. The summed E-state index contributed by atoms with van der Waals surface area (Å²) >= 11 is 0. The van der Waals surface area contributed by atoms with Crippen molar-refractivity contribution < 1.29 is 9.47 Å². The Morgan fingerprint density at radius 2 is 1.87 bits per heavy atom. The summed E-state index contributed by atoms with van der Waals surface area (Å²) in [7, 11) is 3.52. The molecule has 162 valence electrons. The van der Waals surface area contributed by atoms with Crippen molar-refractivity contribution in [3.8, 4) is 5.75 Å². The highest BCUT2D eigenvalue weighted by Crippen LogP contribution is 2.14. The second-order valence-electron chi connectivity index (χ2n) is 7.46. The summed E-state index contributed by atoms with van der Waals surface area (Å²) in [6, 6.07) is 16.9. The first-order valence-electron chi connectivity index (χ1n) is 10.7. The molecule has 1 fully saturated rings. The summed E-state index contributed by atoms with van der Waals surface area (Å²) in [5.41, 5.74) is 3.96. The van der Waals surface area contributed by atoms with Crippen molar-refractivity contribution in [3.63, 3.8) is 0 Å².